The molecule has 6 rings (SSSR count). The Morgan fingerprint density at radius 2 is 1.86 bits per heavy atom. The molecule has 1 aliphatic carbocycles. The molecular weight excluding hydrogens is 468 g/mol. The van der Waals surface area contributed by atoms with Gasteiger partial charge in [0.2, 0.25) is 0 Å². The molecule has 37 heavy (non-hydrogen) atoms. The highest BCUT2D eigenvalue weighted by Gasteiger charge is 2.42. The van der Waals surface area contributed by atoms with E-state index in [0.29, 0.717) is 28.3 Å². The summed E-state index contributed by atoms with van der Waals surface area (Å²) in [7, 11) is 1.69. The van der Waals surface area contributed by atoms with Crippen molar-refractivity contribution in [2.75, 3.05) is 48.5 Å². The van der Waals surface area contributed by atoms with Gasteiger partial charge in [-0.15, -0.1) is 0 Å². The number of hydrogen-bond acceptors (Lipinski definition) is 8. The van der Waals surface area contributed by atoms with E-state index in [-0.39, 0.29) is 5.78 Å². The fraction of sp³-hybridized carbons (Fsp3) is 0.222. The van der Waals surface area contributed by atoms with Crippen LogP contribution in [0, 0.1) is 0 Å². The van der Waals surface area contributed by atoms with Gasteiger partial charge in [-0.05, 0) is 35.9 Å². The summed E-state index contributed by atoms with van der Waals surface area (Å²) in [5.41, 5.74) is 7.47. The second-order valence-electron chi connectivity index (χ2n) is 9.08. The van der Waals surface area contributed by atoms with Gasteiger partial charge in [0, 0.05) is 50.7 Å². The Bertz CT molecular complexity index is 1410. The number of piperazine rings is 1. The van der Waals surface area contributed by atoms with Crippen LogP contribution in [0.2, 0.25) is 0 Å². The van der Waals surface area contributed by atoms with Gasteiger partial charge in [-0.1, -0.05) is 30.3 Å². The van der Waals surface area contributed by atoms with E-state index in [4.69, 9.17) is 0 Å². The summed E-state index contributed by atoms with van der Waals surface area (Å²) in [5.74, 6) is 0.417. The lowest BCUT2D eigenvalue weighted by atomic mass is 10.0. The number of amides is 2. The fourth-order valence-corrected chi connectivity index (χ4v) is 4.97. The zero-order chi connectivity index (χ0) is 25.4. The van der Waals surface area contributed by atoms with Gasteiger partial charge in [0.15, 0.2) is 5.78 Å². The van der Waals surface area contributed by atoms with Crippen molar-refractivity contribution >= 4 is 34.7 Å². The summed E-state index contributed by atoms with van der Waals surface area (Å²) in [6, 6.07) is 18.0. The van der Waals surface area contributed by atoms with Gasteiger partial charge in [0.25, 0.3) is 0 Å². The third-order valence-electron chi connectivity index (χ3n) is 6.80. The Hall–Kier alpha value is -4.57. The summed E-state index contributed by atoms with van der Waals surface area (Å²) < 4.78 is 0. The van der Waals surface area contributed by atoms with Crippen LogP contribution in [0.15, 0.2) is 82.7 Å². The molecule has 1 aromatic heterocycles. The molecule has 3 aliphatic rings. The van der Waals surface area contributed by atoms with Gasteiger partial charge in [-0.2, -0.15) is 10.2 Å². The number of aromatic nitrogens is 1. The van der Waals surface area contributed by atoms with E-state index in [2.05, 4.69) is 48.3 Å². The molecule has 0 saturated carbocycles. The van der Waals surface area contributed by atoms with Crippen LogP contribution in [0.1, 0.15) is 27.5 Å². The molecule has 3 heterocycles. The van der Waals surface area contributed by atoms with Crippen molar-refractivity contribution in [3.8, 4) is 0 Å². The molecule has 3 aromatic rings. The Morgan fingerprint density at radius 1 is 1.05 bits per heavy atom. The number of fused-ring (bicyclic) bond motifs is 3. The lowest BCUT2D eigenvalue weighted by molar-refractivity contribution is 0.103. The average molecular weight is 495 g/mol. The second kappa shape index (κ2) is 9.47. The van der Waals surface area contributed by atoms with Crippen molar-refractivity contribution in [2.45, 2.75) is 6.04 Å². The number of azo groups is 1. The minimum atomic E-state index is -0.481. The van der Waals surface area contributed by atoms with Crippen molar-refractivity contribution in [3.63, 3.8) is 0 Å². The topological polar surface area (TPSA) is 114 Å². The molecular formula is C27H26N8O2. The summed E-state index contributed by atoms with van der Waals surface area (Å²) in [5, 5.41) is 16.5. The molecule has 2 amide bonds. The van der Waals surface area contributed by atoms with E-state index in [1.54, 1.807) is 31.4 Å². The molecule has 0 bridgehead atoms. The van der Waals surface area contributed by atoms with Gasteiger partial charge in [0.05, 0.1) is 16.8 Å². The van der Waals surface area contributed by atoms with E-state index in [9.17, 15) is 9.59 Å². The maximum Gasteiger partial charge on any atom is 0.338 e. The third kappa shape index (κ3) is 4.21. The van der Waals surface area contributed by atoms with Gasteiger partial charge in [-0.3, -0.25) is 9.80 Å². The lowest BCUT2D eigenvalue weighted by Crippen LogP contribution is -2.43. The standard InChI is InChI=1S/C27H26N8O2/c1-34(21-7-2-3-12-29-21)33-27(37)30-20-6-4-5-19-22(20)26(36)23-24(31-32-25(19)23)17-8-10-18(11-9-17)35-15-13-28-14-16-35/h2-12,25,28H,13-16H2,1H3,(H2,30,33,37). The normalized spacial score (nSPS) is 18.0. The number of pyridine rings is 1. The number of carbonyl (C=O) groups excluding carboxylic acids is 2. The minimum absolute atomic E-state index is 0.167. The van der Waals surface area contributed by atoms with Crippen LogP contribution in [-0.2, 0) is 0 Å². The summed E-state index contributed by atoms with van der Waals surface area (Å²) in [6.07, 6.45) is 1.64. The number of Topliss-reactive ketones (excluding diaryl/α,β-unsaturated/α-hetero) is 1. The van der Waals surface area contributed by atoms with Gasteiger partial charge in [-0.25, -0.2) is 15.2 Å². The van der Waals surface area contributed by atoms with Gasteiger partial charge >= 0.3 is 6.03 Å². The van der Waals surface area contributed by atoms with E-state index < -0.39 is 12.1 Å². The average Bonchev–Trinajstić information content (AvgIpc) is 3.50. The number of rotatable bonds is 5. The molecule has 10 heteroatoms. The minimum Gasteiger partial charge on any atom is -0.369 e. The van der Waals surface area contributed by atoms with E-state index in [1.165, 1.54) is 5.01 Å². The molecule has 1 unspecified atom stereocenters. The van der Waals surface area contributed by atoms with Crippen LogP contribution in [-0.4, -0.2) is 50.0 Å². The predicted molar refractivity (Wildman–Crippen MR) is 142 cm³/mol. The maximum absolute atomic E-state index is 13.6. The number of carbonyl (C=O) groups is 2. The SMILES string of the molecule is CN(NC(=O)Nc1cccc2c1C(=O)C1=C(c3ccc(N4CCNCC4)cc3)N=NC12)c1ccccn1. The highest BCUT2D eigenvalue weighted by Crippen LogP contribution is 2.49. The van der Waals surface area contributed by atoms with Gasteiger partial charge in [0.1, 0.15) is 17.6 Å². The Kier molecular flexibility index (Phi) is 5.85. The zero-order valence-electron chi connectivity index (χ0n) is 20.3. The summed E-state index contributed by atoms with van der Waals surface area (Å²) in [4.78, 5) is 32.9. The molecule has 3 N–H and O–H groups in total. The van der Waals surface area contributed by atoms with Crippen molar-refractivity contribution < 1.29 is 9.59 Å². The second-order valence-corrected chi connectivity index (χ2v) is 9.08. The molecule has 2 aliphatic heterocycles. The number of hydrazine groups is 1. The van der Waals surface area contributed by atoms with Crippen LogP contribution >= 0.6 is 0 Å². The van der Waals surface area contributed by atoms with Crippen molar-refractivity contribution in [2.24, 2.45) is 10.2 Å². The lowest BCUT2D eigenvalue weighted by Gasteiger charge is -2.29. The fourth-order valence-electron chi connectivity index (χ4n) is 4.97. The van der Waals surface area contributed by atoms with Crippen LogP contribution in [0.3, 0.4) is 0 Å². The first kappa shape index (κ1) is 22.9. The van der Waals surface area contributed by atoms with Crippen molar-refractivity contribution in [3.05, 3.63) is 89.1 Å². The maximum atomic E-state index is 13.6. The summed E-state index contributed by atoms with van der Waals surface area (Å²) >= 11 is 0. The number of ketones is 1. The van der Waals surface area contributed by atoms with E-state index >= 15 is 0 Å². The molecule has 1 fully saturated rings. The van der Waals surface area contributed by atoms with Crippen LogP contribution in [0.5, 0.6) is 0 Å². The predicted octanol–water partition coefficient (Wildman–Crippen LogP) is 3.78. The highest BCUT2D eigenvalue weighted by atomic mass is 16.2. The molecule has 1 atom stereocenters. The molecule has 0 radical (unpaired) electrons. The van der Waals surface area contributed by atoms with Crippen molar-refractivity contribution in [1.29, 1.82) is 0 Å². The largest absolute Gasteiger partial charge is 0.369 e. The monoisotopic (exact) mass is 494 g/mol. The number of hydrogen-bond donors (Lipinski definition) is 3. The smallest absolute Gasteiger partial charge is 0.338 e. The zero-order valence-corrected chi connectivity index (χ0v) is 20.3. The van der Waals surface area contributed by atoms with Crippen LogP contribution < -0.4 is 26.0 Å². The molecule has 186 valence electrons. The molecule has 10 nitrogen and oxygen atoms in total. The van der Waals surface area contributed by atoms with Crippen LogP contribution in [0.25, 0.3) is 5.70 Å². The molecule has 0 spiro atoms. The number of nitrogens with zero attached hydrogens (tertiary/aromatic N) is 5. The summed E-state index contributed by atoms with van der Waals surface area (Å²) in [6.45, 7) is 3.86. The Balaban J connectivity index is 1.24. The Labute approximate surface area is 214 Å². The number of anilines is 3. The van der Waals surface area contributed by atoms with E-state index in [1.807, 2.05) is 30.3 Å². The van der Waals surface area contributed by atoms with Crippen LogP contribution in [0.4, 0.5) is 22.0 Å². The first-order valence-corrected chi connectivity index (χ1v) is 12.2. The Morgan fingerprint density at radius 3 is 2.62 bits per heavy atom. The van der Waals surface area contributed by atoms with Gasteiger partial charge < -0.3 is 15.5 Å². The number of nitrogens with one attached hydrogen (secondary N) is 3. The number of benzene rings is 2. The van der Waals surface area contributed by atoms with Crippen molar-refractivity contribution in [1.82, 2.24) is 15.7 Å². The first-order chi connectivity index (χ1) is 18.1. The number of urea groups is 1. The van der Waals surface area contributed by atoms with E-state index in [0.717, 1.165) is 43.0 Å². The highest BCUT2D eigenvalue weighted by molar-refractivity contribution is 6.22. The quantitative estimate of drug-likeness (QED) is 0.465. The first-order valence-electron chi connectivity index (χ1n) is 12.2. The molecule has 2 aromatic carbocycles. The molecule has 1 saturated heterocycles. The third-order valence-corrected chi connectivity index (χ3v) is 6.80.